The number of nitrogens with zero attached hydrogens (tertiary/aromatic N) is 1. The largest absolute Gasteiger partial charge is 0.497 e. The van der Waals surface area contributed by atoms with Gasteiger partial charge in [0.15, 0.2) is 0 Å². The van der Waals surface area contributed by atoms with E-state index in [2.05, 4.69) is 19.9 Å². The fraction of sp³-hybridized carbons (Fsp3) is 0.381. The van der Waals surface area contributed by atoms with Gasteiger partial charge < -0.3 is 14.4 Å². The van der Waals surface area contributed by atoms with Crippen molar-refractivity contribution in [2.75, 3.05) is 20.3 Å². The Morgan fingerprint density at radius 2 is 2.04 bits per heavy atom. The van der Waals surface area contributed by atoms with Gasteiger partial charge in [0.05, 0.1) is 13.7 Å². The third kappa shape index (κ3) is 3.95. The monoisotopic (exact) mass is 339 g/mol. The van der Waals surface area contributed by atoms with Crippen molar-refractivity contribution in [3.05, 3.63) is 59.7 Å². The van der Waals surface area contributed by atoms with Crippen LogP contribution in [0, 0.1) is 5.92 Å². The number of ether oxygens (including phenoxy) is 2. The summed E-state index contributed by atoms with van der Waals surface area (Å²) in [5, 5.41) is 0. The quantitative estimate of drug-likeness (QED) is 0.832. The summed E-state index contributed by atoms with van der Waals surface area (Å²) in [5.74, 6) is 2.00. The Kier molecular flexibility index (Phi) is 5.27. The van der Waals surface area contributed by atoms with E-state index in [9.17, 15) is 4.79 Å². The van der Waals surface area contributed by atoms with Crippen LogP contribution in [0.3, 0.4) is 0 Å². The van der Waals surface area contributed by atoms with Gasteiger partial charge >= 0.3 is 0 Å². The summed E-state index contributed by atoms with van der Waals surface area (Å²) in [6.07, 6.45) is 0.935. The average Bonchev–Trinajstić information content (AvgIpc) is 2.65. The Bertz CT molecular complexity index is 741. The molecule has 1 aliphatic heterocycles. The third-order valence-corrected chi connectivity index (χ3v) is 4.61. The van der Waals surface area contributed by atoms with Crippen LogP contribution < -0.4 is 9.47 Å². The van der Waals surface area contributed by atoms with E-state index >= 15 is 0 Å². The number of hydrogen-bond donors (Lipinski definition) is 0. The zero-order valence-corrected chi connectivity index (χ0v) is 15.1. The van der Waals surface area contributed by atoms with Crippen molar-refractivity contribution in [1.29, 1.82) is 0 Å². The van der Waals surface area contributed by atoms with E-state index in [4.69, 9.17) is 9.47 Å². The number of benzene rings is 2. The number of methoxy groups -OCH3 is 1. The lowest BCUT2D eigenvalue weighted by molar-refractivity contribution is 0.0636. The molecule has 2 aromatic rings. The summed E-state index contributed by atoms with van der Waals surface area (Å²) < 4.78 is 11.1. The molecule has 0 aromatic heterocycles. The first-order chi connectivity index (χ1) is 12.1. The molecule has 132 valence electrons. The summed E-state index contributed by atoms with van der Waals surface area (Å²) in [7, 11) is 1.61. The average molecular weight is 339 g/mol. The normalized spacial score (nSPS) is 16.1. The first kappa shape index (κ1) is 17.3. The molecule has 0 aliphatic carbocycles. The van der Waals surface area contributed by atoms with Gasteiger partial charge in [0.1, 0.15) is 11.5 Å². The number of fused-ring (bicyclic) bond motifs is 1. The fourth-order valence-electron chi connectivity index (χ4n) is 3.24. The van der Waals surface area contributed by atoms with Crippen molar-refractivity contribution in [3.63, 3.8) is 0 Å². The topological polar surface area (TPSA) is 38.8 Å². The molecule has 0 saturated heterocycles. The molecule has 1 aliphatic rings. The molecule has 0 unspecified atom stereocenters. The molecule has 0 saturated carbocycles. The van der Waals surface area contributed by atoms with Gasteiger partial charge in [0.25, 0.3) is 5.91 Å². The summed E-state index contributed by atoms with van der Waals surface area (Å²) in [4.78, 5) is 14.9. The van der Waals surface area contributed by atoms with Gasteiger partial charge in [-0.3, -0.25) is 4.79 Å². The Hall–Kier alpha value is -2.49. The molecule has 2 aromatic carbocycles. The Labute approximate surface area is 149 Å². The Morgan fingerprint density at radius 1 is 1.24 bits per heavy atom. The zero-order chi connectivity index (χ0) is 17.8. The lowest BCUT2D eigenvalue weighted by Crippen LogP contribution is -2.43. The first-order valence-corrected chi connectivity index (χ1v) is 8.74. The van der Waals surface area contributed by atoms with Crippen molar-refractivity contribution in [2.45, 2.75) is 26.3 Å². The van der Waals surface area contributed by atoms with Crippen LogP contribution in [-0.4, -0.2) is 37.1 Å². The second kappa shape index (κ2) is 7.60. The van der Waals surface area contributed by atoms with Crippen molar-refractivity contribution >= 4 is 5.91 Å². The van der Waals surface area contributed by atoms with Gasteiger partial charge in [-0.2, -0.15) is 0 Å². The molecule has 1 atom stereocenters. The van der Waals surface area contributed by atoms with Gasteiger partial charge in [-0.25, -0.2) is 0 Å². The van der Waals surface area contributed by atoms with Crippen LogP contribution in [0.15, 0.2) is 48.5 Å². The number of hydrogen-bond acceptors (Lipinski definition) is 3. The standard InChI is InChI=1S/C21H25NO3/c1-15(2)22(21(23)18-8-6-9-19(12-18)24-3)13-16-11-17-7-4-5-10-20(17)25-14-16/h4-10,12,15-16H,11,13-14H2,1-3H3/t16-/m0/s1. The van der Waals surface area contributed by atoms with E-state index < -0.39 is 0 Å². The third-order valence-electron chi connectivity index (χ3n) is 4.61. The van der Waals surface area contributed by atoms with Gasteiger partial charge in [-0.1, -0.05) is 24.3 Å². The van der Waals surface area contributed by atoms with Crippen molar-refractivity contribution in [2.24, 2.45) is 5.92 Å². The fourth-order valence-corrected chi connectivity index (χ4v) is 3.24. The molecular weight excluding hydrogens is 314 g/mol. The highest BCUT2D eigenvalue weighted by Gasteiger charge is 2.26. The molecule has 1 heterocycles. The Morgan fingerprint density at radius 3 is 2.80 bits per heavy atom. The molecule has 25 heavy (non-hydrogen) atoms. The van der Waals surface area contributed by atoms with Crippen LogP contribution in [0.2, 0.25) is 0 Å². The number of carbonyl (C=O) groups is 1. The SMILES string of the molecule is COc1cccc(C(=O)N(C[C@H]2COc3ccccc3C2)C(C)C)c1. The van der Waals surface area contributed by atoms with Gasteiger partial charge in [-0.15, -0.1) is 0 Å². The molecule has 0 radical (unpaired) electrons. The van der Waals surface area contributed by atoms with Crippen LogP contribution in [0.25, 0.3) is 0 Å². The maximum atomic E-state index is 13.0. The summed E-state index contributed by atoms with van der Waals surface area (Å²) in [5.41, 5.74) is 1.88. The smallest absolute Gasteiger partial charge is 0.254 e. The van der Waals surface area contributed by atoms with Crippen LogP contribution in [-0.2, 0) is 6.42 Å². The number of amides is 1. The van der Waals surface area contributed by atoms with Crippen molar-refractivity contribution in [1.82, 2.24) is 4.90 Å². The summed E-state index contributed by atoms with van der Waals surface area (Å²) in [6.45, 7) is 5.43. The van der Waals surface area contributed by atoms with Crippen LogP contribution in [0.5, 0.6) is 11.5 Å². The van der Waals surface area contributed by atoms with Crippen LogP contribution >= 0.6 is 0 Å². The molecule has 1 amide bonds. The molecule has 0 bridgehead atoms. The minimum atomic E-state index is 0.0350. The van der Waals surface area contributed by atoms with E-state index in [1.165, 1.54) is 5.56 Å². The van der Waals surface area contributed by atoms with E-state index in [0.717, 1.165) is 12.2 Å². The van der Waals surface area contributed by atoms with Crippen LogP contribution in [0.1, 0.15) is 29.8 Å². The lowest BCUT2D eigenvalue weighted by atomic mass is 9.95. The molecule has 4 nitrogen and oxygen atoms in total. The van der Waals surface area contributed by atoms with Crippen molar-refractivity contribution < 1.29 is 14.3 Å². The highest BCUT2D eigenvalue weighted by atomic mass is 16.5. The molecular formula is C21H25NO3. The van der Waals surface area contributed by atoms with E-state index in [1.807, 2.05) is 41.3 Å². The predicted octanol–water partition coefficient (Wildman–Crippen LogP) is 3.80. The van der Waals surface area contributed by atoms with E-state index in [1.54, 1.807) is 13.2 Å². The number of para-hydroxylation sites is 1. The van der Waals surface area contributed by atoms with Gasteiger partial charge in [0.2, 0.25) is 0 Å². The second-order valence-corrected chi connectivity index (χ2v) is 6.77. The maximum absolute atomic E-state index is 13.0. The highest BCUT2D eigenvalue weighted by Crippen LogP contribution is 2.28. The molecule has 0 spiro atoms. The highest BCUT2D eigenvalue weighted by molar-refractivity contribution is 5.94. The minimum absolute atomic E-state index is 0.0350. The van der Waals surface area contributed by atoms with Gasteiger partial charge in [0, 0.05) is 24.1 Å². The molecule has 3 rings (SSSR count). The van der Waals surface area contributed by atoms with Crippen LogP contribution in [0.4, 0.5) is 0 Å². The first-order valence-electron chi connectivity index (χ1n) is 8.74. The molecule has 0 fully saturated rings. The molecule has 0 N–H and O–H groups in total. The minimum Gasteiger partial charge on any atom is -0.497 e. The predicted molar refractivity (Wildman–Crippen MR) is 98.3 cm³/mol. The zero-order valence-electron chi connectivity index (χ0n) is 15.1. The Balaban J connectivity index is 1.74. The molecule has 4 heteroatoms. The van der Waals surface area contributed by atoms with Gasteiger partial charge in [-0.05, 0) is 50.1 Å². The van der Waals surface area contributed by atoms with E-state index in [-0.39, 0.29) is 11.9 Å². The second-order valence-electron chi connectivity index (χ2n) is 6.77. The lowest BCUT2D eigenvalue weighted by Gasteiger charge is -2.33. The van der Waals surface area contributed by atoms with Crippen molar-refractivity contribution in [3.8, 4) is 11.5 Å². The number of carbonyl (C=O) groups excluding carboxylic acids is 1. The number of rotatable bonds is 5. The summed E-state index contributed by atoms with van der Waals surface area (Å²) >= 11 is 0. The van der Waals surface area contributed by atoms with E-state index in [0.29, 0.717) is 30.4 Å². The summed E-state index contributed by atoms with van der Waals surface area (Å²) in [6, 6.07) is 15.6. The maximum Gasteiger partial charge on any atom is 0.254 e.